The van der Waals surface area contributed by atoms with Crippen molar-refractivity contribution in [1.29, 1.82) is 0 Å². The van der Waals surface area contributed by atoms with Crippen molar-refractivity contribution in [2.75, 3.05) is 0 Å². The first-order chi connectivity index (χ1) is 12.2. The highest BCUT2D eigenvalue weighted by molar-refractivity contribution is 6.02. The molecule has 0 aromatic carbocycles. The fraction of sp³-hybridized carbons (Fsp3) is 0.526. The van der Waals surface area contributed by atoms with Crippen molar-refractivity contribution >= 4 is 17.3 Å². The van der Waals surface area contributed by atoms with E-state index in [1.165, 1.54) is 12.8 Å². The molecule has 0 unspecified atom stereocenters. The van der Waals surface area contributed by atoms with Gasteiger partial charge in [-0.05, 0) is 37.8 Å². The van der Waals surface area contributed by atoms with Gasteiger partial charge in [-0.25, -0.2) is 4.98 Å². The Labute approximate surface area is 147 Å². The van der Waals surface area contributed by atoms with Crippen molar-refractivity contribution in [1.82, 2.24) is 20.0 Å². The van der Waals surface area contributed by atoms with Crippen LogP contribution < -0.4 is 10.6 Å². The third-order valence-corrected chi connectivity index (χ3v) is 5.07. The van der Waals surface area contributed by atoms with Gasteiger partial charge in [-0.2, -0.15) is 0 Å². The van der Waals surface area contributed by atoms with Crippen LogP contribution in [0, 0.1) is 0 Å². The highest BCUT2D eigenvalue weighted by Gasteiger charge is 2.28. The summed E-state index contributed by atoms with van der Waals surface area (Å²) in [5.74, 6) is -0.0981. The molecule has 2 saturated carbocycles. The predicted molar refractivity (Wildman–Crippen MR) is 94.6 cm³/mol. The van der Waals surface area contributed by atoms with Crippen molar-refractivity contribution in [3.8, 4) is 0 Å². The minimum atomic E-state index is -0.196. The third-order valence-electron chi connectivity index (χ3n) is 5.07. The fourth-order valence-corrected chi connectivity index (χ4v) is 3.52. The first-order valence-corrected chi connectivity index (χ1v) is 9.31. The SMILES string of the molecule is O=C(NC1CC1)c1nc(C(=O)NC2CCCCCC2)n2ccccc12. The van der Waals surface area contributed by atoms with Crippen LogP contribution in [0.2, 0.25) is 0 Å². The molecule has 2 heterocycles. The number of nitrogens with zero attached hydrogens (tertiary/aromatic N) is 2. The zero-order chi connectivity index (χ0) is 17.2. The molecule has 0 saturated heterocycles. The molecule has 2 fully saturated rings. The van der Waals surface area contributed by atoms with E-state index >= 15 is 0 Å². The molecule has 132 valence electrons. The lowest BCUT2D eigenvalue weighted by atomic mass is 10.1. The summed E-state index contributed by atoms with van der Waals surface area (Å²) in [6, 6.07) is 6.00. The Hall–Kier alpha value is -2.37. The number of rotatable bonds is 4. The Morgan fingerprint density at radius 3 is 2.32 bits per heavy atom. The van der Waals surface area contributed by atoms with Crippen LogP contribution in [0.5, 0.6) is 0 Å². The van der Waals surface area contributed by atoms with Crippen molar-refractivity contribution < 1.29 is 9.59 Å². The number of hydrogen-bond donors (Lipinski definition) is 2. The molecule has 0 atom stereocenters. The van der Waals surface area contributed by atoms with Gasteiger partial charge in [-0.3, -0.25) is 14.0 Å². The molecule has 2 amide bonds. The number of aromatic nitrogens is 2. The van der Waals surface area contributed by atoms with E-state index < -0.39 is 0 Å². The van der Waals surface area contributed by atoms with Crippen LogP contribution in [-0.2, 0) is 0 Å². The maximum atomic E-state index is 12.8. The zero-order valence-electron chi connectivity index (χ0n) is 14.3. The van der Waals surface area contributed by atoms with Gasteiger partial charge >= 0.3 is 0 Å². The fourth-order valence-electron chi connectivity index (χ4n) is 3.52. The number of carbonyl (C=O) groups is 2. The summed E-state index contributed by atoms with van der Waals surface area (Å²) in [4.78, 5) is 29.6. The van der Waals surface area contributed by atoms with Gasteiger partial charge in [0.1, 0.15) is 0 Å². The van der Waals surface area contributed by atoms with Gasteiger partial charge in [0.25, 0.3) is 11.8 Å². The quantitative estimate of drug-likeness (QED) is 0.840. The molecule has 6 nitrogen and oxygen atoms in total. The van der Waals surface area contributed by atoms with Gasteiger partial charge < -0.3 is 10.6 Å². The van der Waals surface area contributed by atoms with E-state index in [0.717, 1.165) is 38.5 Å². The third kappa shape index (κ3) is 3.52. The molecule has 2 aromatic rings. The predicted octanol–water partition coefficient (Wildman–Crippen LogP) is 2.68. The topological polar surface area (TPSA) is 75.5 Å². The van der Waals surface area contributed by atoms with Crippen LogP contribution in [-0.4, -0.2) is 33.3 Å². The molecule has 2 N–H and O–H groups in total. The van der Waals surface area contributed by atoms with E-state index in [4.69, 9.17) is 0 Å². The van der Waals surface area contributed by atoms with Crippen LogP contribution in [0.15, 0.2) is 24.4 Å². The number of amides is 2. The van der Waals surface area contributed by atoms with Crippen molar-refractivity contribution in [3.63, 3.8) is 0 Å². The lowest BCUT2D eigenvalue weighted by Crippen LogP contribution is -2.35. The second-order valence-corrected chi connectivity index (χ2v) is 7.15. The maximum Gasteiger partial charge on any atom is 0.287 e. The van der Waals surface area contributed by atoms with Gasteiger partial charge in [0, 0.05) is 18.3 Å². The maximum absolute atomic E-state index is 12.8. The van der Waals surface area contributed by atoms with Crippen molar-refractivity contribution in [2.24, 2.45) is 0 Å². The number of fused-ring (bicyclic) bond motifs is 1. The minimum absolute atomic E-state index is 0.195. The second kappa shape index (κ2) is 6.86. The standard InChI is InChI=1S/C19H24N4O2/c24-18(20-14-10-11-14)16-15-9-5-6-12-23(15)17(22-16)19(25)21-13-7-3-1-2-4-8-13/h5-6,9,12-14H,1-4,7-8,10-11H2,(H,20,24)(H,21,25). The molecule has 0 spiro atoms. The smallest absolute Gasteiger partial charge is 0.287 e. The van der Waals surface area contributed by atoms with Crippen LogP contribution in [0.3, 0.4) is 0 Å². The van der Waals surface area contributed by atoms with Gasteiger partial charge in [0.15, 0.2) is 5.69 Å². The number of carbonyl (C=O) groups excluding carboxylic acids is 2. The summed E-state index contributed by atoms with van der Waals surface area (Å²) in [6.45, 7) is 0. The van der Waals surface area contributed by atoms with Gasteiger partial charge in [-0.1, -0.05) is 31.7 Å². The molecule has 0 aliphatic heterocycles. The van der Waals surface area contributed by atoms with Crippen LogP contribution in [0.4, 0.5) is 0 Å². The van der Waals surface area contributed by atoms with Crippen molar-refractivity contribution in [2.45, 2.75) is 63.5 Å². The summed E-state index contributed by atoms with van der Waals surface area (Å²) < 4.78 is 1.72. The first-order valence-electron chi connectivity index (χ1n) is 9.31. The normalized spacial score (nSPS) is 18.7. The summed E-state index contributed by atoms with van der Waals surface area (Å²) >= 11 is 0. The highest BCUT2D eigenvalue weighted by atomic mass is 16.2. The van der Waals surface area contributed by atoms with Crippen LogP contribution >= 0.6 is 0 Å². The van der Waals surface area contributed by atoms with E-state index in [0.29, 0.717) is 17.0 Å². The first kappa shape index (κ1) is 16.1. The Morgan fingerprint density at radius 2 is 1.60 bits per heavy atom. The second-order valence-electron chi connectivity index (χ2n) is 7.15. The molecule has 2 aliphatic rings. The summed E-state index contributed by atoms with van der Waals surface area (Å²) in [6.07, 6.45) is 10.7. The van der Waals surface area contributed by atoms with Gasteiger partial charge in [0.05, 0.1) is 5.52 Å². The average Bonchev–Trinajstić information content (AvgIpc) is 3.38. The molecular weight excluding hydrogens is 316 g/mol. The van der Waals surface area contributed by atoms with E-state index in [2.05, 4.69) is 15.6 Å². The molecule has 0 bridgehead atoms. The molecule has 2 aliphatic carbocycles. The highest BCUT2D eigenvalue weighted by Crippen LogP contribution is 2.21. The number of imidazole rings is 1. The lowest BCUT2D eigenvalue weighted by Gasteiger charge is -2.15. The molecule has 6 heteroatoms. The average molecular weight is 340 g/mol. The molecule has 2 aromatic heterocycles. The molecule has 0 radical (unpaired) electrons. The van der Waals surface area contributed by atoms with Crippen LogP contribution in [0.1, 0.15) is 72.5 Å². The summed E-state index contributed by atoms with van der Waals surface area (Å²) in [5.41, 5.74) is 1.00. The largest absolute Gasteiger partial charge is 0.348 e. The molecule has 4 rings (SSSR count). The Morgan fingerprint density at radius 1 is 0.920 bits per heavy atom. The molecule has 25 heavy (non-hydrogen) atoms. The summed E-state index contributed by atoms with van der Waals surface area (Å²) in [5, 5.41) is 6.08. The van der Waals surface area contributed by atoms with E-state index in [-0.39, 0.29) is 23.9 Å². The van der Waals surface area contributed by atoms with Gasteiger partial charge in [-0.15, -0.1) is 0 Å². The monoisotopic (exact) mass is 340 g/mol. The van der Waals surface area contributed by atoms with Crippen molar-refractivity contribution in [3.05, 3.63) is 35.9 Å². The van der Waals surface area contributed by atoms with E-state index in [9.17, 15) is 9.59 Å². The minimum Gasteiger partial charge on any atom is -0.348 e. The Kier molecular flexibility index (Phi) is 4.42. The van der Waals surface area contributed by atoms with E-state index in [1.54, 1.807) is 10.6 Å². The Bertz CT molecular complexity index is 786. The zero-order valence-corrected chi connectivity index (χ0v) is 14.3. The summed E-state index contributed by atoms with van der Waals surface area (Å²) in [7, 11) is 0. The number of hydrogen-bond acceptors (Lipinski definition) is 3. The van der Waals surface area contributed by atoms with Gasteiger partial charge in [0.2, 0.25) is 5.82 Å². The molecular formula is C19H24N4O2. The Balaban J connectivity index is 1.59. The lowest BCUT2D eigenvalue weighted by molar-refractivity contribution is 0.0922. The van der Waals surface area contributed by atoms with Crippen LogP contribution in [0.25, 0.3) is 5.52 Å². The number of pyridine rings is 1. The van der Waals surface area contributed by atoms with E-state index in [1.807, 2.05) is 18.2 Å². The number of nitrogens with one attached hydrogen (secondary N) is 2.